The normalized spacial score (nSPS) is 11.5. The summed E-state index contributed by atoms with van der Waals surface area (Å²) in [7, 11) is 0. The van der Waals surface area contributed by atoms with Crippen molar-refractivity contribution in [3.63, 3.8) is 0 Å². The molecule has 4 heteroatoms. The first-order valence-corrected chi connectivity index (χ1v) is 5.98. The zero-order valence-corrected chi connectivity index (χ0v) is 10.9. The van der Waals surface area contributed by atoms with E-state index < -0.39 is 0 Å². The average Bonchev–Trinajstić information content (AvgIpc) is 2.59. The molecule has 1 N–H and O–H groups in total. The fourth-order valence-electron chi connectivity index (χ4n) is 1.64. The Kier molecular flexibility index (Phi) is 2.97. The van der Waals surface area contributed by atoms with Gasteiger partial charge in [-0.25, -0.2) is 0 Å². The lowest BCUT2D eigenvalue weighted by Crippen LogP contribution is -2.02. The fraction of sp³-hybridized carbons (Fsp3) is 0.364. The number of hydrogen-bond acceptors (Lipinski definition) is 2. The van der Waals surface area contributed by atoms with E-state index >= 15 is 0 Å². The lowest BCUT2D eigenvalue weighted by molar-refractivity contribution is 0.281. The number of hydrogen-bond donors (Lipinski definition) is 1. The molecule has 3 nitrogen and oxygen atoms in total. The van der Waals surface area contributed by atoms with E-state index in [0.29, 0.717) is 6.04 Å². The van der Waals surface area contributed by atoms with Crippen LogP contribution >= 0.6 is 22.6 Å². The molecule has 0 amide bonds. The maximum Gasteiger partial charge on any atom is 0.0692 e. The molecule has 2 aromatic rings. The summed E-state index contributed by atoms with van der Waals surface area (Å²) in [6, 6.07) is 4.42. The molecule has 80 valence electrons. The summed E-state index contributed by atoms with van der Waals surface area (Å²) < 4.78 is 3.07. The van der Waals surface area contributed by atoms with Gasteiger partial charge < -0.3 is 5.11 Å². The number of benzene rings is 1. The third-order valence-corrected chi connectivity index (χ3v) is 3.43. The van der Waals surface area contributed by atoms with Crippen LogP contribution in [0.1, 0.15) is 25.5 Å². The van der Waals surface area contributed by atoms with E-state index in [1.807, 2.05) is 16.9 Å². The Labute approximate surface area is 102 Å². The van der Waals surface area contributed by atoms with Crippen LogP contribution in [-0.2, 0) is 6.61 Å². The van der Waals surface area contributed by atoms with Gasteiger partial charge in [0.2, 0.25) is 0 Å². The summed E-state index contributed by atoms with van der Waals surface area (Å²) in [5.74, 6) is 0. The van der Waals surface area contributed by atoms with Crippen LogP contribution in [0.3, 0.4) is 0 Å². The van der Waals surface area contributed by atoms with Crippen molar-refractivity contribution in [1.29, 1.82) is 0 Å². The van der Waals surface area contributed by atoms with Crippen LogP contribution in [0.25, 0.3) is 10.9 Å². The molecule has 0 fully saturated rings. The van der Waals surface area contributed by atoms with Gasteiger partial charge in [-0.2, -0.15) is 5.10 Å². The van der Waals surface area contributed by atoms with Crippen molar-refractivity contribution < 1.29 is 5.11 Å². The minimum atomic E-state index is 0.0808. The van der Waals surface area contributed by atoms with E-state index in [4.69, 9.17) is 0 Å². The maximum absolute atomic E-state index is 9.21. The highest BCUT2D eigenvalue weighted by Gasteiger charge is 2.08. The second-order valence-electron chi connectivity index (χ2n) is 3.84. The molecule has 1 aromatic carbocycles. The van der Waals surface area contributed by atoms with E-state index in [0.717, 1.165) is 20.0 Å². The molecule has 0 aliphatic rings. The van der Waals surface area contributed by atoms with Gasteiger partial charge >= 0.3 is 0 Å². The topological polar surface area (TPSA) is 38.0 Å². The summed E-state index contributed by atoms with van der Waals surface area (Å²) in [6.45, 7) is 4.28. The summed E-state index contributed by atoms with van der Waals surface area (Å²) in [6.07, 6.45) is 1.87. The fourth-order valence-corrected chi connectivity index (χ4v) is 2.30. The molecule has 2 rings (SSSR count). The standard InChI is InChI=1S/C11H13IN2O/c1-7(2)14-11-4-9(6-15)10(12)3-8(11)5-13-14/h3-5,7,15H,6H2,1-2H3. The minimum Gasteiger partial charge on any atom is -0.392 e. The van der Waals surface area contributed by atoms with Gasteiger partial charge in [0.1, 0.15) is 0 Å². The van der Waals surface area contributed by atoms with Crippen LogP contribution in [0, 0.1) is 3.57 Å². The van der Waals surface area contributed by atoms with Gasteiger partial charge in [-0.15, -0.1) is 0 Å². The monoisotopic (exact) mass is 316 g/mol. The van der Waals surface area contributed by atoms with Crippen molar-refractivity contribution >= 4 is 33.5 Å². The predicted octanol–water partition coefficient (Wildman–Crippen LogP) is 2.71. The second-order valence-corrected chi connectivity index (χ2v) is 5.01. The number of halogens is 1. The van der Waals surface area contributed by atoms with Crippen LogP contribution < -0.4 is 0 Å². The maximum atomic E-state index is 9.21. The summed E-state index contributed by atoms with van der Waals surface area (Å²) in [5, 5.41) is 14.7. The minimum absolute atomic E-state index is 0.0808. The molecule has 1 aromatic heterocycles. The Morgan fingerprint density at radius 2 is 2.20 bits per heavy atom. The van der Waals surface area contributed by atoms with E-state index in [1.54, 1.807) is 0 Å². The van der Waals surface area contributed by atoms with Gasteiger partial charge in [0.15, 0.2) is 0 Å². The molecular weight excluding hydrogens is 303 g/mol. The molecule has 0 saturated carbocycles. The highest BCUT2D eigenvalue weighted by molar-refractivity contribution is 14.1. The number of aliphatic hydroxyl groups excluding tert-OH is 1. The SMILES string of the molecule is CC(C)n1ncc2cc(I)c(CO)cc21. The molecule has 0 aliphatic carbocycles. The third kappa shape index (κ3) is 1.88. The largest absolute Gasteiger partial charge is 0.392 e. The predicted molar refractivity (Wildman–Crippen MR) is 68.8 cm³/mol. The van der Waals surface area contributed by atoms with Crippen LogP contribution in [0.4, 0.5) is 0 Å². The van der Waals surface area contributed by atoms with E-state index in [1.165, 1.54) is 0 Å². The number of rotatable bonds is 2. The smallest absolute Gasteiger partial charge is 0.0692 e. The van der Waals surface area contributed by atoms with Gasteiger partial charge in [0.05, 0.1) is 18.3 Å². The van der Waals surface area contributed by atoms with E-state index in [9.17, 15) is 5.11 Å². The zero-order valence-electron chi connectivity index (χ0n) is 8.74. The van der Waals surface area contributed by atoms with E-state index in [-0.39, 0.29) is 6.61 Å². The highest BCUT2D eigenvalue weighted by atomic mass is 127. The molecule has 15 heavy (non-hydrogen) atoms. The molecule has 0 saturated heterocycles. The van der Waals surface area contributed by atoms with Gasteiger partial charge in [0.25, 0.3) is 0 Å². The van der Waals surface area contributed by atoms with Gasteiger partial charge in [-0.1, -0.05) is 0 Å². The Balaban J connectivity index is 2.69. The second kappa shape index (κ2) is 4.09. The first-order chi connectivity index (χ1) is 7.13. The molecule has 0 radical (unpaired) electrons. The molecule has 0 atom stereocenters. The van der Waals surface area contributed by atoms with Crippen molar-refractivity contribution in [2.75, 3.05) is 0 Å². The molecule has 1 heterocycles. The number of nitrogens with zero attached hydrogens (tertiary/aromatic N) is 2. The highest BCUT2D eigenvalue weighted by Crippen LogP contribution is 2.23. The van der Waals surface area contributed by atoms with Gasteiger partial charge in [0, 0.05) is 15.0 Å². The lowest BCUT2D eigenvalue weighted by atomic mass is 10.2. The van der Waals surface area contributed by atoms with Crippen LogP contribution in [-0.4, -0.2) is 14.9 Å². The lowest BCUT2D eigenvalue weighted by Gasteiger charge is -2.08. The number of aliphatic hydroxyl groups is 1. The third-order valence-electron chi connectivity index (χ3n) is 2.42. The van der Waals surface area contributed by atoms with Crippen LogP contribution in [0.2, 0.25) is 0 Å². The van der Waals surface area contributed by atoms with Crippen molar-refractivity contribution in [2.45, 2.75) is 26.5 Å². The Hall–Kier alpha value is -0.620. The van der Waals surface area contributed by atoms with Gasteiger partial charge in [-0.3, -0.25) is 4.68 Å². The zero-order chi connectivity index (χ0) is 11.0. The molecule has 0 bridgehead atoms. The Morgan fingerprint density at radius 1 is 1.47 bits per heavy atom. The quantitative estimate of drug-likeness (QED) is 0.865. The summed E-state index contributed by atoms with van der Waals surface area (Å²) in [4.78, 5) is 0. The molecule has 0 unspecified atom stereocenters. The first kappa shape index (κ1) is 10.9. The van der Waals surface area contributed by atoms with E-state index in [2.05, 4.69) is 47.6 Å². The first-order valence-electron chi connectivity index (χ1n) is 4.90. The summed E-state index contributed by atoms with van der Waals surface area (Å²) >= 11 is 2.24. The number of fused-ring (bicyclic) bond motifs is 1. The number of aromatic nitrogens is 2. The Bertz CT molecular complexity index is 491. The van der Waals surface area contributed by atoms with Crippen molar-refractivity contribution in [1.82, 2.24) is 9.78 Å². The van der Waals surface area contributed by atoms with Crippen molar-refractivity contribution in [3.05, 3.63) is 27.5 Å². The average molecular weight is 316 g/mol. The molecular formula is C11H13IN2O. The van der Waals surface area contributed by atoms with Crippen LogP contribution in [0.5, 0.6) is 0 Å². The molecule has 0 spiro atoms. The summed E-state index contributed by atoms with van der Waals surface area (Å²) in [5.41, 5.74) is 2.06. The molecule has 0 aliphatic heterocycles. The van der Waals surface area contributed by atoms with Crippen molar-refractivity contribution in [3.8, 4) is 0 Å². The van der Waals surface area contributed by atoms with Crippen LogP contribution in [0.15, 0.2) is 18.3 Å². The van der Waals surface area contributed by atoms with Gasteiger partial charge in [-0.05, 0) is 54.1 Å². The Morgan fingerprint density at radius 3 is 2.80 bits per heavy atom. The van der Waals surface area contributed by atoms with Crippen molar-refractivity contribution in [2.24, 2.45) is 0 Å².